The summed E-state index contributed by atoms with van der Waals surface area (Å²) in [5, 5.41) is 0. The molecule has 126 valence electrons. The van der Waals surface area contributed by atoms with E-state index in [-0.39, 0.29) is 5.69 Å². The zero-order valence-corrected chi connectivity index (χ0v) is 12.7. The van der Waals surface area contributed by atoms with Crippen LogP contribution in [0.15, 0.2) is 24.3 Å². The van der Waals surface area contributed by atoms with Crippen LogP contribution >= 0.6 is 11.6 Å². The number of alkyl halides is 7. The lowest BCUT2D eigenvalue weighted by molar-refractivity contribution is -0.272. The molecule has 0 saturated carbocycles. The first-order chi connectivity index (χ1) is 9.62. The quantitative estimate of drug-likeness (QED) is 0.602. The van der Waals surface area contributed by atoms with Crippen LogP contribution in [0.25, 0.3) is 0 Å². The number of rotatable bonds is 3. The van der Waals surface area contributed by atoms with Gasteiger partial charge in [0.1, 0.15) is 0 Å². The molecule has 0 aromatic heterocycles. The normalized spacial score (nSPS) is 14.0. The minimum atomic E-state index is -5.78. The summed E-state index contributed by atoms with van der Waals surface area (Å²) in [5.41, 5.74) is -1.35. The molecule has 0 unspecified atom stereocenters. The monoisotopic (exact) mass is 369 g/mol. The van der Waals surface area contributed by atoms with Crippen molar-refractivity contribution in [3.8, 4) is 0 Å². The molecule has 0 spiro atoms. The molecule has 11 heteroatoms. The third-order valence-corrected chi connectivity index (χ3v) is 4.76. The predicted molar refractivity (Wildman–Crippen MR) is 69.3 cm³/mol. The van der Waals surface area contributed by atoms with Gasteiger partial charge < -0.3 is 0 Å². The number of nitrogens with zero attached hydrogens (tertiary/aromatic N) is 1. The summed E-state index contributed by atoms with van der Waals surface area (Å²) in [6, 6.07) is 2.60. The lowest BCUT2D eigenvalue weighted by Crippen LogP contribution is -2.49. The number of halogens is 7. The topological polar surface area (TPSA) is 37.4 Å². The number of sulfonamides is 1. The Bertz CT molecular complexity index is 624. The van der Waals surface area contributed by atoms with Gasteiger partial charge in [0.05, 0.1) is 11.9 Å². The Labute approximate surface area is 127 Å². The first-order valence-corrected chi connectivity index (χ1v) is 7.72. The molecule has 0 radical (unpaired) electrons. The Morgan fingerprint density at radius 2 is 1.32 bits per heavy atom. The van der Waals surface area contributed by atoms with E-state index < -0.39 is 32.8 Å². The molecule has 1 aromatic rings. The van der Waals surface area contributed by atoms with Gasteiger partial charge in [-0.05, 0) is 17.7 Å². The van der Waals surface area contributed by atoms with E-state index in [9.17, 15) is 34.8 Å². The van der Waals surface area contributed by atoms with Crippen LogP contribution in [0.4, 0.5) is 32.0 Å². The van der Waals surface area contributed by atoms with E-state index in [0.717, 1.165) is 25.4 Å². The fraction of sp³-hybridized carbons (Fsp3) is 0.455. The highest BCUT2D eigenvalue weighted by molar-refractivity contribution is 7.92. The number of benzene rings is 1. The molecule has 0 aliphatic carbocycles. The van der Waals surface area contributed by atoms with Crippen molar-refractivity contribution < 1.29 is 34.8 Å². The molecule has 0 aliphatic rings. The van der Waals surface area contributed by atoms with E-state index in [1.165, 1.54) is 0 Å². The molecule has 0 amide bonds. The van der Waals surface area contributed by atoms with Gasteiger partial charge in [0, 0.05) is 7.05 Å². The minimum absolute atomic E-state index is 0.102. The SMILES string of the molecule is CN(c1ccc(C(Cl)(C(F)(F)F)C(F)(F)F)cc1)S(C)(=O)=O. The van der Waals surface area contributed by atoms with Crippen LogP contribution in [0.1, 0.15) is 5.56 Å². The predicted octanol–water partition coefficient (Wildman–Crippen LogP) is 3.64. The van der Waals surface area contributed by atoms with Crippen molar-refractivity contribution >= 4 is 27.3 Å². The molecule has 0 atom stereocenters. The summed E-state index contributed by atoms with van der Waals surface area (Å²) in [7, 11) is -2.60. The van der Waals surface area contributed by atoms with E-state index in [2.05, 4.69) is 0 Å². The average Bonchev–Trinajstić information content (AvgIpc) is 2.33. The second-order valence-electron chi connectivity index (χ2n) is 4.43. The lowest BCUT2D eigenvalue weighted by atomic mass is 9.96. The van der Waals surface area contributed by atoms with Gasteiger partial charge in [-0.2, -0.15) is 26.3 Å². The second-order valence-corrected chi connectivity index (χ2v) is 7.01. The van der Waals surface area contributed by atoms with Crippen molar-refractivity contribution in [2.24, 2.45) is 0 Å². The van der Waals surface area contributed by atoms with Crippen molar-refractivity contribution in [1.82, 2.24) is 0 Å². The molecule has 0 N–H and O–H groups in total. The average molecular weight is 370 g/mol. The van der Waals surface area contributed by atoms with Crippen molar-refractivity contribution in [3.63, 3.8) is 0 Å². The zero-order valence-electron chi connectivity index (χ0n) is 11.1. The summed E-state index contributed by atoms with van der Waals surface area (Å²) >= 11 is 4.86. The molecule has 0 saturated heterocycles. The molecule has 0 fully saturated rings. The van der Waals surface area contributed by atoms with Crippen LogP contribution in [-0.2, 0) is 14.9 Å². The largest absolute Gasteiger partial charge is 0.420 e. The van der Waals surface area contributed by atoms with Crippen molar-refractivity contribution in [3.05, 3.63) is 29.8 Å². The number of hydrogen-bond donors (Lipinski definition) is 0. The van der Waals surface area contributed by atoms with Gasteiger partial charge in [-0.1, -0.05) is 23.7 Å². The molecule has 0 bridgehead atoms. The second kappa shape index (κ2) is 5.48. The van der Waals surface area contributed by atoms with E-state index in [1.807, 2.05) is 0 Å². The molecule has 0 aliphatic heterocycles. The van der Waals surface area contributed by atoms with Crippen LogP contribution in [0.5, 0.6) is 0 Å². The summed E-state index contributed by atoms with van der Waals surface area (Å²) in [6.45, 7) is 0. The minimum Gasteiger partial charge on any atom is -0.274 e. The molecule has 22 heavy (non-hydrogen) atoms. The van der Waals surface area contributed by atoms with E-state index in [1.54, 1.807) is 0 Å². The maximum atomic E-state index is 12.8. The first-order valence-electron chi connectivity index (χ1n) is 5.49. The summed E-state index contributed by atoms with van der Waals surface area (Å²) < 4.78 is 99.9. The van der Waals surface area contributed by atoms with E-state index in [0.29, 0.717) is 16.4 Å². The maximum absolute atomic E-state index is 12.8. The van der Waals surface area contributed by atoms with Crippen LogP contribution in [0, 0.1) is 0 Å². The molecule has 0 heterocycles. The Kier molecular flexibility index (Phi) is 4.71. The van der Waals surface area contributed by atoms with Crippen molar-refractivity contribution in [2.45, 2.75) is 17.2 Å². The van der Waals surface area contributed by atoms with Gasteiger partial charge >= 0.3 is 12.4 Å². The van der Waals surface area contributed by atoms with Crippen LogP contribution in [0.3, 0.4) is 0 Å². The van der Waals surface area contributed by atoms with Gasteiger partial charge in [0.15, 0.2) is 0 Å². The summed E-state index contributed by atoms with van der Waals surface area (Å²) in [5.74, 6) is 0. The molecule has 3 nitrogen and oxygen atoms in total. The van der Waals surface area contributed by atoms with Gasteiger partial charge in [-0.15, -0.1) is 0 Å². The molecule has 1 aromatic carbocycles. The van der Waals surface area contributed by atoms with Gasteiger partial charge in [-0.25, -0.2) is 8.42 Å². The fourth-order valence-electron chi connectivity index (χ4n) is 1.58. The standard InChI is InChI=1S/C11H10ClF6NO2S/c1-19(22(2,20)21)8-5-3-7(4-6-8)9(12,10(13,14)15)11(16,17)18/h3-6H,1-2H3. The Morgan fingerprint density at radius 1 is 0.955 bits per heavy atom. The molecular weight excluding hydrogens is 360 g/mol. The van der Waals surface area contributed by atoms with Crippen LogP contribution in [0.2, 0.25) is 0 Å². The third-order valence-electron chi connectivity index (χ3n) is 2.91. The summed E-state index contributed by atoms with van der Waals surface area (Å²) in [6.07, 6.45) is -10.7. The summed E-state index contributed by atoms with van der Waals surface area (Å²) in [4.78, 5) is -4.57. The Hall–Kier alpha value is -1.16. The highest BCUT2D eigenvalue weighted by Crippen LogP contribution is 2.55. The lowest BCUT2D eigenvalue weighted by Gasteiger charge is -2.32. The highest BCUT2D eigenvalue weighted by atomic mass is 35.5. The van der Waals surface area contributed by atoms with Gasteiger partial charge in [0.2, 0.25) is 10.0 Å². The molecular formula is C11H10ClF6NO2S. The first kappa shape index (κ1) is 18.9. The zero-order chi connectivity index (χ0) is 17.6. The van der Waals surface area contributed by atoms with Crippen LogP contribution in [-0.4, -0.2) is 34.1 Å². The van der Waals surface area contributed by atoms with Crippen molar-refractivity contribution in [1.29, 1.82) is 0 Å². The third kappa shape index (κ3) is 3.27. The Balaban J connectivity index is 3.39. The Morgan fingerprint density at radius 3 is 1.59 bits per heavy atom. The smallest absolute Gasteiger partial charge is 0.274 e. The van der Waals surface area contributed by atoms with Crippen molar-refractivity contribution in [2.75, 3.05) is 17.6 Å². The number of hydrogen-bond acceptors (Lipinski definition) is 2. The van der Waals surface area contributed by atoms with Gasteiger partial charge in [-0.3, -0.25) is 4.31 Å². The highest BCUT2D eigenvalue weighted by Gasteiger charge is 2.71. The van der Waals surface area contributed by atoms with Gasteiger partial charge in [0.25, 0.3) is 4.87 Å². The number of anilines is 1. The van der Waals surface area contributed by atoms with E-state index in [4.69, 9.17) is 11.6 Å². The van der Waals surface area contributed by atoms with Crippen LogP contribution < -0.4 is 4.31 Å². The maximum Gasteiger partial charge on any atom is 0.420 e. The molecule has 1 rings (SSSR count). The fourth-order valence-corrected chi connectivity index (χ4v) is 2.21. The van der Waals surface area contributed by atoms with E-state index >= 15 is 0 Å².